The van der Waals surface area contributed by atoms with Gasteiger partial charge in [0.1, 0.15) is 11.8 Å². The molecule has 1 N–H and O–H groups in total. The molecule has 2 aromatic rings. The lowest BCUT2D eigenvalue weighted by Crippen LogP contribution is -2.42. The minimum absolute atomic E-state index is 0.0371. The van der Waals surface area contributed by atoms with Gasteiger partial charge < -0.3 is 24.4 Å². The van der Waals surface area contributed by atoms with Crippen molar-refractivity contribution in [2.45, 2.75) is 32.0 Å². The molecule has 0 aliphatic carbocycles. The molecule has 0 bridgehead atoms. The molecule has 4 rings (SSSR count). The molecule has 2 aliphatic heterocycles. The number of ether oxygens (including phenoxy) is 3. The summed E-state index contributed by atoms with van der Waals surface area (Å²) in [6.45, 7) is 8.14. The standard InChI is InChI=1S/C23H29N5O5S/c1-4-32-21(30)19-15(3)24-22-25-23(34-5-2)26-28(22)20(19)16-6-8-17(9-7-16)33-14-18(29)27-10-12-31-13-11-27/h6-9,20H,4-5,10-14H2,1-3H3,(H,24,25,26). The largest absolute Gasteiger partial charge is 0.484 e. The Hall–Kier alpha value is -3.05. The van der Waals surface area contributed by atoms with Crippen molar-refractivity contribution in [1.82, 2.24) is 19.7 Å². The fourth-order valence-electron chi connectivity index (χ4n) is 3.90. The molecule has 1 atom stereocenters. The van der Waals surface area contributed by atoms with Gasteiger partial charge in [-0.05, 0) is 37.3 Å². The Morgan fingerprint density at radius 3 is 2.62 bits per heavy atom. The van der Waals surface area contributed by atoms with Gasteiger partial charge in [-0.15, -0.1) is 5.10 Å². The number of fused-ring (bicyclic) bond motifs is 1. The minimum atomic E-state index is -0.502. The first-order chi connectivity index (χ1) is 16.5. The predicted octanol–water partition coefficient (Wildman–Crippen LogP) is 2.48. The number of carbonyl (C=O) groups is 2. The number of carbonyl (C=O) groups excluding carboxylic acids is 2. The highest BCUT2D eigenvalue weighted by Gasteiger charge is 2.35. The van der Waals surface area contributed by atoms with E-state index in [2.05, 4.69) is 15.4 Å². The number of allylic oxidation sites excluding steroid dienone is 1. The molecule has 0 saturated carbocycles. The third-order valence-electron chi connectivity index (χ3n) is 5.52. The molecule has 11 heteroatoms. The van der Waals surface area contributed by atoms with Crippen LogP contribution >= 0.6 is 11.8 Å². The van der Waals surface area contributed by atoms with E-state index in [1.54, 1.807) is 28.6 Å². The zero-order chi connectivity index (χ0) is 24.1. The molecular formula is C23H29N5O5S. The van der Waals surface area contributed by atoms with Crippen molar-refractivity contribution in [2.75, 3.05) is 50.6 Å². The van der Waals surface area contributed by atoms with Crippen LogP contribution in [0.2, 0.25) is 0 Å². The zero-order valence-electron chi connectivity index (χ0n) is 19.6. The van der Waals surface area contributed by atoms with E-state index in [0.29, 0.717) is 54.4 Å². The number of anilines is 1. The van der Waals surface area contributed by atoms with E-state index < -0.39 is 12.0 Å². The number of nitrogens with zero attached hydrogens (tertiary/aromatic N) is 4. The molecule has 1 unspecified atom stereocenters. The molecular weight excluding hydrogens is 458 g/mol. The summed E-state index contributed by atoms with van der Waals surface area (Å²) in [4.78, 5) is 31.5. The number of benzene rings is 1. The van der Waals surface area contributed by atoms with E-state index in [-0.39, 0.29) is 19.1 Å². The van der Waals surface area contributed by atoms with Gasteiger partial charge in [-0.3, -0.25) is 4.79 Å². The van der Waals surface area contributed by atoms with Crippen LogP contribution in [0.1, 0.15) is 32.4 Å². The van der Waals surface area contributed by atoms with Crippen molar-refractivity contribution in [1.29, 1.82) is 0 Å². The van der Waals surface area contributed by atoms with E-state index in [1.807, 2.05) is 26.0 Å². The smallest absolute Gasteiger partial charge is 0.338 e. The van der Waals surface area contributed by atoms with Gasteiger partial charge in [0.15, 0.2) is 6.61 Å². The van der Waals surface area contributed by atoms with Crippen LogP contribution in [0.4, 0.5) is 5.95 Å². The lowest BCUT2D eigenvalue weighted by atomic mass is 9.96. The third kappa shape index (κ3) is 5.20. The number of hydrogen-bond acceptors (Lipinski definition) is 9. The maximum Gasteiger partial charge on any atom is 0.338 e. The van der Waals surface area contributed by atoms with Crippen molar-refractivity contribution in [3.05, 3.63) is 41.1 Å². The first kappa shape index (κ1) is 24.1. The van der Waals surface area contributed by atoms with Gasteiger partial charge in [0.25, 0.3) is 5.91 Å². The van der Waals surface area contributed by atoms with Crippen LogP contribution in [-0.2, 0) is 19.1 Å². The summed E-state index contributed by atoms with van der Waals surface area (Å²) in [6.07, 6.45) is 0. The first-order valence-electron chi connectivity index (χ1n) is 11.3. The molecule has 0 radical (unpaired) electrons. The highest BCUT2D eigenvalue weighted by molar-refractivity contribution is 7.99. The molecule has 182 valence electrons. The number of amides is 1. The number of esters is 1. The summed E-state index contributed by atoms with van der Waals surface area (Å²) in [5.74, 6) is 1.50. The summed E-state index contributed by atoms with van der Waals surface area (Å²) >= 11 is 1.53. The second-order valence-corrected chi connectivity index (χ2v) is 8.96. The van der Waals surface area contributed by atoms with Gasteiger partial charge in [-0.2, -0.15) is 4.98 Å². The lowest BCUT2D eigenvalue weighted by molar-refractivity contribution is -0.139. The molecule has 1 fully saturated rings. The van der Waals surface area contributed by atoms with Crippen molar-refractivity contribution >= 4 is 29.6 Å². The third-order valence-corrected chi connectivity index (χ3v) is 6.24. The topological polar surface area (TPSA) is 108 Å². The van der Waals surface area contributed by atoms with Crippen LogP contribution in [0.15, 0.2) is 40.7 Å². The Bertz CT molecular complexity index is 1060. The van der Waals surface area contributed by atoms with E-state index in [0.717, 1.165) is 11.3 Å². The maximum atomic E-state index is 12.9. The van der Waals surface area contributed by atoms with Gasteiger partial charge in [0.2, 0.25) is 11.1 Å². The fraction of sp³-hybridized carbons (Fsp3) is 0.478. The average molecular weight is 488 g/mol. The van der Waals surface area contributed by atoms with Crippen molar-refractivity contribution in [2.24, 2.45) is 0 Å². The van der Waals surface area contributed by atoms with Gasteiger partial charge in [0.05, 0.1) is 25.4 Å². The molecule has 0 spiro atoms. The van der Waals surface area contributed by atoms with Crippen LogP contribution in [0, 0.1) is 0 Å². The number of rotatable bonds is 8. The second-order valence-electron chi connectivity index (χ2n) is 7.73. The Kier molecular flexibility index (Phi) is 7.73. The summed E-state index contributed by atoms with van der Waals surface area (Å²) in [6, 6.07) is 6.82. The van der Waals surface area contributed by atoms with E-state index in [9.17, 15) is 9.59 Å². The maximum absolute atomic E-state index is 12.9. The van der Waals surface area contributed by atoms with Gasteiger partial charge >= 0.3 is 5.97 Å². The lowest BCUT2D eigenvalue weighted by Gasteiger charge is -2.28. The van der Waals surface area contributed by atoms with Crippen molar-refractivity contribution in [3.63, 3.8) is 0 Å². The normalized spacial score (nSPS) is 17.7. The second kappa shape index (κ2) is 10.9. The first-order valence-corrected chi connectivity index (χ1v) is 12.3. The monoisotopic (exact) mass is 487 g/mol. The summed E-state index contributed by atoms with van der Waals surface area (Å²) < 4.78 is 18.1. The van der Waals surface area contributed by atoms with E-state index >= 15 is 0 Å². The zero-order valence-corrected chi connectivity index (χ0v) is 20.4. The van der Waals surface area contributed by atoms with Gasteiger partial charge in [-0.1, -0.05) is 30.8 Å². The van der Waals surface area contributed by atoms with Crippen LogP contribution in [0.3, 0.4) is 0 Å². The summed E-state index contributed by atoms with van der Waals surface area (Å²) in [5.41, 5.74) is 1.98. The van der Waals surface area contributed by atoms with E-state index in [4.69, 9.17) is 14.2 Å². The molecule has 1 aromatic heterocycles. The fourth-order valence-corrected chi connectivity index (χ4v) is 4.45. The van der Waals surface area contributed by atoms with Crippen LogP contribution in [-0.4, -0.2) is 76.8 Å². The Labute approximate surface area is 202 Å². The van der Waals surface area contributed by atoms with E-state index in [1.165, 1.54) is 11.8 Å². The van der Waals surface area contributed by atoms with Gasteiger partial charge in [-0.25, -0.2) is 9.48 Å². The minimum Gasteiger partial charge on any atom is -0.484 e. The molecule has 3 heterocycles. The van der Waals surface area contributed by atoms with Gasteiger partial charge in [0, 0.05) is 18.8 Å². The highest BCUT2D eigenvalue weighted by Crippen LogP contribution is 2.37. The summed E-state index contributed by atoms with van der Waals surface area (Å²) in [5, 5.41) is 8.45. The molecule has 1 saturated heterocycles. The molecule has 34 heavy (non-hydrogen) atoms. The Balaban J connectivity index is 1.56. The highest BCUT2D eigenvalue weighted by atomic mass is 32.2. The Morgan fingerprint density at radius 2 is 1.94 bits per heavy atom. The van der Waals surface area contributed by atoms with Crippen molar-refractivity contribution in [3.8, 4) is 5.75 Å². The molecule has 1 aromatic carbocycles. The van der Waals surface area contributed by atoms with Crippen molar-refractivity contribution < 1.29 is 23.8 Å². The molecule has 10 nitrogen and oxygen atoms in total. The predicted molar refractivity (Wildman–Crippen MR) is 127 cm³/mol. The number of hydrogen-bond donors (Lipinski definition) is 1. The molecule has 1 amide bonds. The van der Waals surface area contributed by atoms with Crippen LogP contribution < -0.4 is 10.1 Å². The summed E-state index contributed by atoms with van der Waals surface area (Å²) in [7, 11) is 0. The Morgan fingerprint density at radius 1 is 1.21 bits per heavy atom. The number of nitrogens with one attached hydrogen (secondary N) is 1. The average Bonchev–Trinajstić information content (AvgIpc) is 3.24. The number of aromatic nitrogens is 3. The van der Waals surface area contributed by atoms with Crippen LogP contribution in [0.5, 0.6) is 5.75 Å². The quantitative estimate of drug-likeness (QED) is 0.444. The van der Waals surface area contributed by atoms with Crippen LogP contribution in [0.25, 0.3) is 0 Å². The number of thioether (sulfide) groups is 1. The SMILES string of the molecule is CCOC(=O)C1=C(C)Nc2nc(SCC)nn2C1c1ccc(OCC(=O)N2CCOCC2)cc1. The molecule has 2 aliphatic rings. The number of morpholine rings is 1.